The average molecular weight is 298 g/mol. The van der Waals surface area contributed by atoms with Gasteiger partial charge in [-0.05, 0) is 30.0 Å². The average Bonchev–Trinajstić information content (AvgIpc) is 2.88. The summed E-state index contributed by atoms with van der Waals surface area (Å²) in [6, 6.07) is 7.04. The molecule has 0 aromatic heterocycles. The number of nitrogens with zero attached hydrogens (tertiary/aromatic N) is 1. The van der Waals surface area contributed by atoms with E-state index in [2.05, 4.69) is 0 Å². The van der Waals surface area contributed by atoms with Gasteiger partial charge in [0.25, 0.3) is 0 Å². The molecule has 0 radical (unpaired) electrons. The Hall–Kier alpha value is -1.11. The molecule has 20 heavy (non-hydrogen) atoms. The third-order valence-electron chi connectivity index (χ3n) is 3.53. The number of nitrogen functional groups attached to an aromatic ring is 1. The Bertz CT molecular complexity index is 539. The Balaban J connectivity index is 2.06. The largest absolute Gasteiger partial charge is 0.399 e. The van der Waals surface area contributed by atoms with Crippen molar-refractivity contribution >= 4 is 15.7 Å². The number of sulfonamides is 1. The van der Waals surface area contributed by atoms with Gasteiger partial charge in [-0.2, -0.15) is 0 Å². The maximum atomic E-state index is 12.5. The van der Waals surface area contributed by atoms with E-state index in [1.54, 1.807) is 28.6 Å². The van der Waals surface area contributed by atoms with Gasteiger partial charge in [0, 0.05) is 25.4 Å². The second-order valence-electron chi connectivity index (χ2n) is 5.18. The number of ether oxygens (including phenoxy) is 1. The van der Waals surface area contributed by atoms with Crippen molar-refractivity contribution in [3.05, 3.63) is 29.8 Å². The van der Waals surface area contributed by atoms with Crippen LogP contribution in [0.1, 0.15) is 18.9 Å². The van der Waals surface area contributed by atoms with Gasteiger partial charge in [0.05, 0.1) is 12.4 Å². The van der Waals surface area contributed by atoms with Crippen LogP contribution in [0.3, 0.4) is 0 Å². The van der Waals surface area contributed by atoms with Crippen LogP contribution >= 0.6 is 0 Å². The summed E-state index contributed by atoms with van der Waals surface area (Å²) in [6.45, 7) is 4.29. The quantitative estimate of drug-likeness (QED) is 0.807. The molecule has 0 saturated carbocycles. The van der Waals surface area contributed by atoms with Crippen LogP contribution in [0.4, 0.5) is 5.69 Å². The molecule has 0 amide bonds. The first-order valence-corrected chi connectivity index (χ1v) is 8.52. The minimum atomic E-state index is -3.31. The standard InChI is InChI=1S/C14H22N2O3S/c1-2-16(9-13-6-7-19-10-13)20(17,18)11-12-4-3-5-14(15)8-12/h3-5,8,13H,2,6-7,9-11,15H2,1H3. The first-order chi connectivity index (χ1) is 9.51. The van der Waals surface area contributed by atoms with E-state index >= 15 is 0 Å². The fourth-order valence-electron chi connectivity index (χ4n) is 2.44. The molecule has 2 rings (SSSR count). The van der Waals surface area contributed by atoms with E-state index in [0.717, 1.165) is 18.6 Å². The van der Waals surface area contributed by atoms with Crippen LogP contribution in [0.5, 0.6) is 0 Å². The lowest BCUT2D eigenvalue weighted by molar-refractivity contribution is 0.181. The molecule has 6 heteroatoms. The third kappa shape index (κ3) is 3.94. The fraction of sp³-hybridized carbons (Fsp3) is 0.571. The molecule has 0 aliphatic carbocycles. The smallest absolute Gasteiger partial charge is 0.218 e. The molecule has 1 aliphatic rings. The summed E-state index contributed by atoms with van der Waals surface area (Å²) >= 11 is 0. The van der Waals surface area contributed by atoms with Crippen LogP contribution in [0.15, 0.2) is 24.3 Å². The van der Waals surface area contributed by atoms with Crippen LogP contribution in [0.25, 0.3) is 0 Å². The van der Waals surface area contributed by atoms with Crippen LogP contribution in [0.2, 0.25) is 0 Å². The van der Waals surface area contributed by atoms with Crippen molar-refractivity contribution in [2.24, 2.45) is 5.92 Å². The minimum Gasteiger partial charge on any atom is -0.399 e. The normalized spacial score (nSPS) is 19.6. The van der Waals surface area contributed by atoms with Crippen molar-refractivity contribution < 1.29 is 13.2 Å². The molecule has 1 aromatic carbocycles. The van der Waals surface area contributed by atoms with Gasteiger partial charge in [0.2, 0.25) is 10.0 Å². The summed E-state index contributed by atoms with van der Waals surface area (Å²) in [5.74, 6) is 0.310. The van der Waals surface area contributed by atoms with Gasteiger partial charge in [-0.15, -0.1) is 0 Å². The zero-order chi connectivity index (χ0) is 14.6. The van der Waals surface area contributed by atoms with Crippen molar-refractivity contribution in [1.82, 2.24) is 4.31 Å². The molecular formula is C14H22N2O3S. The highest BCUT2D eigenvalue weighted by Gasteiger charge is 2.26. The van der Waals surface area contributed by atoms with Crippen LogP contribution in [-0.4, -0.2) is 39.0 Å². The van der Waals surface area contributed by atoms with Gasteiger partial charge >= 0.3 is 0 Å². The van der Waals surface area contributed by atoms with Crippen LogP contribution in [-0.2, 0) is 20.5 Å². The first kappa shape index (κ1) is 15.3. The second kappa shape index (κ2) is 6.56. The topological polar surface area (TPSA) is 72.6 Å². The predicted octanol–water partition coefficient (Wildman–Crippen LogP) is 1.46. The zero-order valence-electron chi connectivity index (χ0n) is 11.8. The highest BCUT2D eigenvalue weighted by atomic mass is 32.2. The minimum absolute atomic E-state index is 0.000539. The summed E-state index contributed by atoms with van der Waals surface area (Å²) < 4.78 is 31.8. The Labute approximate surface area is 120 Å². The molecule has 1 heterocycles. The maximum Gasteiger partial charge on any atom is 0.218 e. The lowest BCUT2D eigenvalue weighted by atomic mass is 10.1. The molecule has 1 unspecified atom stereocenters. The number of benzene rings is 1. The van der Waals surface area contributed by atoms with Gasteiger partial charge in [-0.25, -0.2) is 12.7 Å². The number of hydrogen-bond donors (Lipinski definition) is 1. The molecule has 2 N–H and O–H groups in total. The van der Waals surface area contributed by atoms with E-state index < -0.39 is 10.0 Å². The van der Waals surface area contributed by atoms with Crippen molar-refractivity contribution in [3.63, 3.8) is 0 Å². The van der Waals surface area contributed by atoms with E-state index in [-0.39, 0.29) is 5.75 Å². The van der Waals surface area contributed by atoms with E-state index in [4.69, 9.17) is 10.5 Å². The maximum absolute atomic E-state index is 12.5. The number of hydrogen-bond acceptors (Lipinski definition) is 4. The lowest BCUT2D eigenvalue weighted by Crippen LogP contribution is -2.36. The molecule has 1 aliphatic heterocycles. The molecule has 1 aromatic rings. The Kier molecular flexibility index (Phi) is 5.01. The van der Waals surface area contributed by atoms with Crippen molar-refractivity contribution in [2.75, 3.05) is 32.0 Å². The third-order valence-corrected chi connectivity index (χ3v) is 5.42. The Morgan fingerprint density at radius 1 is 1.45 bits per heavy atom. The Morgan fingerprint density at radius 3 is 2.85 bits per heavy atom. The van der Waals surface area contributed by atoms with Crippen LogP contribution in [0, 0.1) is 5.92 Å². The molecule has 1 atom stereocenters. The summed E-state index contributed by atoms with van der Waals surface area (Å²) in [5.41, 5.74) is 7.01. The van der Waals surface area contributed by atoms with Crippen LogP contribution < -0.4 is 5.73 Å². The summed E-state index contributed by atoms with van der Waals surface area (Å²) in [5, 5.41) is 0. The van der Waals surface area contributed by atoms with Gasteiger partial charge < -0.3 is 10.5 Å². The zero-order valence-corrected chi connectivity index (χ0v) is 12.6. The van der Waals surface area contributed by atoms with Crippen molar-refractivity contribution in [2.45, 2.75) is 19.1 Å². The highest BCUT2D eigenvalue weighted by Crippen LogP contribution is 2.18. The SMILES string of the molecule is CCN(CC1CCOC1)S(=O)(=O)Cc1cccc(N)c1. The summed E-state index contributed by atoms with van der Waals surface area (Å²) in [6.07, 6.45) is 0.935. The number of anilines is 1. The molecule has 0 spiro atoms. The molecule has 112 valence electrons. The molecule has 0 bridgehead atoms. The van der Waals surface area contributed by atoms with Gasteiger partial charge in [0.15, 0.2) is 0 Å². The van der Waals surface area contributed by atoms with Gasteiger partial charge in [0.1, 0.15) is 0 Å². The summed E-state index contributed by atoms with van der Waals surface area (Å²) in [4.78, 5) is 0. The number of nitrogens with two attached hydrogens (primary N) is 1. The second-order valence-corrected chi connectivity index (χ2v) is 7.15. The van der Waals surface area contributed by atoms with E-state index in [9.17, 15) is 8.42 Å². The lowest BCUT2D eigenvalue weighted by Gasteiger charge is -2.23. The first-order valence-electron chi connectivity index (χ1n) is 6.91. The van der Waals surface area contributed by atoms with Crippen molar-refractivity contribution in [3.8, 4) is 0 Å². The molecule has 1 saturated heterocycles. The van der Waals surface area contributed by atoms with Gasteiger partial charge in [-0.3, -0.25) is 0 Å². The van der Waals surface area contributed by atoms with E-state index in [1.165, 1.54) is 0 Å². The molecule has 1 fully saturated rings. The predicted molar refractivity (Wildman–Crippen MR) is 79.7 cm³/mol. The molecular weight excluding hydrogens is 276 g/mol. The van der Waals surface area contributed by atoms with E-state index in [1.807, 2.05) is 6.92 Å². The molecule has 5 nitrogen and oxygen atoms in total. The number of rotatable bonds is 6. The van der Waals surface area contributed by atoms with Crippen molar-refractivity contribution in [1.29, 1.82) is 0 Å². The monoisotopic (exact) mass is 298 g/mol. The van der Waals surface area contributed by atoms with E-state index in [0.29, 0.717) is 31.3 Å². The highest BCUT2D eigenvalue weighted by molar-refractivity contribution is 7.88. The fourth-order valence-corrected chi connectivity index (χ4v) is 4.05. The Morgan fingerprint density at radius 2 is 2.25 bits per heavy atom. The summed E-state index contributed by atoms with van der Waals surface area (Å²) in [7, 11) is -3.31. The van der Waals surface area contributed by atoms with Gasteiger partial charge in [-0.1, -0.05) is 19.1 Å².